The molecule has 1 aromatic carbocycles. The van der Waals surface area contributed by atoms with E-state index < -0.39 is 0 Å². The molecule has 0 radical (unpaired) electrons. The monoisotopic (exact) mass is 303 g/mol. The van der Waals surface area contributed by atoms with E-state index in [1.54, 1.807) is 6.26 Å². The van der Waals surface area contributed by atoms with Crippen LogP contribution >= 0.6 is 11.6 Å². The van der Waals surface area contributed by atoms with Crippen molar-refractivity contribution in [3.63, 3.8) is 0 Å². The molecule has 2 aromatic heterocycles. The summed E-state index contributed by atoms with van der Waals surface area (Å²) in [6.07, 6.45) is 2.57. The minimum Gasteiger partial charge on any atom is -0.469 e. The lowest BCUT2D eigenvalue weighted by Crippen LogP contribution is -2.23. The first-order valence-corrected chi connectivity index (χ1v) is 7.40. The van der Waals surface area contributed by atoms with Crippen LogP contribution in [0, 0.1) is 0 Å². The molecule has 21 heavy (non-hydrogen) atoms. The van der Waals surface area contributed by atoms with Crippen molar-refractivity contribution < 1.29 is 4.42 Å². The van der Waals surface area contributed by atoms with Crippen LogP contribution < -0.4 is 5.32 Å². The van der Waals surface area contributed by atoms with Gasteiger partial charge in [-0.15, -0.1) is 0 Å². The Hall–Kier alpha value is -1.78. The van der Waals surface area contributed by atoms with Gasteiger partial charge in [0.2, 0.25) is 0 Å². The van der Waals surface area contributed by atoms with Gasteiger partial charge in [0, 0.05) is 25.0 Å². The van der Waals surface area contributed by atoms with Crippen LogP contribution in [0.25, 0.3) is 11.0 Å². The predicted molar refractivity (Wildman–Crippen MR) is 84.6 cm³/mol. The number of nitrogens with zero attached hydrogens (tertiary/aromatic N) is 2. The van der Waals surface area contributed by atoms with E-state index in [2.05, 4.69) is 21.8 Å². The van der Waals surface area contributed by atoms with E-state index in [0.717, 1.165) is 40.6 Å². The fourth-order valence-corrected chi connectivity index (χ4v) is 2.69. The summed E-state index contributed by atoms with van der Waals surface area (Å²) in [5.41, 5.74) is 2.02. The second-order valence-electron chi connectivity index (χ2n) is 5.17. The second kappa shape index (κ2) is 5.92. The van der Waals surface area contributed by atoms with Gasteiger partial charge in [-0.25, -0.2) is 4.98 Å². The quantitative estimate of drug-likeness (QED) is 0.781. The number of halogens is 1. The van der Waals surface area contributed by atoms with Gasteiger partial charge in [0.1, 0.15) is 11.6 Å². The van der Waals surface area contributed by atoms with E-state index in [-0.39, 0.29) is 6.04 Å². The van der Waals surface area contributed by atoms with Crippen molar-refractivity contribution >= 4 is 22.6 Å². The zero-order valence-electron chi connectivity index (χ0n) is 12.1. The number of rotatable bonds is 5. The molecule has 0 fully saturated rings. The Morgan fingerprint density at radius 1 is 1.38 bits per heavy atom. The van der Waals surface area contributed by atoms with Crippen LogP contribution in [0.5, 0.6) is 0 Å². The van der Waals surface area contributed by atoms with E-state index in [1.807, 2.05) is 37.4 Å². The number of nitrogens with one attached hydrogen (secondary N) is 1. The summed E-state index contributed by atoms with van der Waals surface area (Å²) in [7, 11) is 2.02. The Balaban J connectivity index is 1.72. The first-order chi connectivity index (χ1) is 10.1. The SMILES string of the molecule is CC(NCCc1ccco1)c1nc2ccc(Cl)cc2n1C. The van der Waals surface area contributed by atoms with Crippen molar-refractivity contribution in [2.24, 2.45) is 7.05 Å². The number of benzene rings is 1. The molecule has 0 aliphatic carbocycles. The maximum absolute atomic E-state index is 6.05. The van der Waals surface area contributed by atoms with Gasteiger partial charge in [-0.05, 0) is 37.3 Å². The number of hydrogen-bond acceptors (Lipinski definition) is 3. The first-order valence-electron chi connectivity index (χ1n) is 7.03. The molecule has 3 rings (SSSR count). The summed E-state index contributed by atoms with van der Waals surface area (Å²) in [6.45, 7) is 2.96. The normalized spacial score (nSPS) is 12.9. The van der Waals surface area contributed by atoms with Gasteiger partial charge < -0.3 is 14.3 Å². The van der Waals surface area contributed by atoms with Crippen LogP contribution in [0.15, 0.2) is 41.0 Å². The highest BCUT2D eigenvalue weighted by molar-refractivity contribution is 6.31. The fourth-order valence-electron chi connectivity index (χ4n) is 2.53. The number of furan rings is 1. The smallest absolute Gasteiger partial charge is 0.126 e. The molecule has 5 heteroatoms. The van der Waals surface area contributed by atoms with Gasteiger partial charge in [-0.2, -0.15) is 0 Å². The topological polar surface area (TPSA) is 43.0 Å². The zero-order chi connectivity index (χ0) is 14.8. The van der Waals surface area contributed by atoms with Crippen LogP contribution in [0.4, 0.5) is 0 Å². The van der Waals surface area contributed by atoms with E-state index in [0.29, 0.717) is 0 Å². The van der Waals surface area contributed by atoms with Crippen molar-refractivity contribution in [2.45, 2.75) is 19.4 Å². The lowest BCUT2D eigenvalue weighted by molar-refractivity contribution is 0.477. The Kier molecular flexibility index (Phi) is 3.99. The first kappa shape index (κ1) is 14.2. The molecule has 2 heterocycles. The number of hydrogen-bond donors (Lipinski definition) is 1. The summed E-state index contributed by atoms with van der Waals surface area (Å²) in [5, 5.41) is 4.21. The minimum absolute atomic E-state index is 0.163. The van der Waals surface area contributed by atoms with Crippen molar-refractivity contribution in [3.8, 4) is 0 Å². The molecule has 0 aliphatic rings. The average molecular weight is 304 g/mol. The Labute approximate surface area is 128 Å². The molecule has 0 saturated carbocycles. The molecule has 1 unspecified atom stereocenters. The fraction of sp³-hybridized carbons (Fsp3) is 0.312. The summed E-state index contributed by atoms with van der Waals surface area (Å²) in [6, 6.07) is 9.84. The third-order valence-corrected chi connectivity index (χ3v) is 3.90. The molecule has 3 aromatic rings. The lowest BCUT2D eigenvalue weighted by Gasteiger charge is -2.13. The van der Waals surface area contributed by atoms with E-state index in [1.165, 1.54) is 0 Å². The molecule has 1 atom stereocenters. The van der Waals surface area contributed by atoms with Crippen LogP contribution in [-0.4, -0.2) is 16.1 Å². The van der Waals surface area contributed by atoms with Gasteiger partial charge in [0.05, 0.1) is 23.3 Å². The molecule has 110 valence electrons. The Morgan fingerprint density at radius 2 is 2.24 bits per heavy atom. The molecular formula is C16H18ClN3O. The predicted octanol–water partition coefficient (Wildman–Crippen LogP) is 3.71. The van der Waals surface area contributed by atoms with Gasteiger partial charge in [-0.1, -0.05) is 11.6 Å². The second-order valence-corrected chi connectivity index (χ2v) is 5.60. The Bertz CT molecular complexity index is 733. The number of aromatic nitrogens is 2. The summed E-state index contributed by atoms with van der Waals surface area (Å²) in [4.78, 5) is 4.69. The van der Waals surface area contributed by atoms with E-state index >= 15 is 0 Å². The molecule has 1 N–H and O–H groups in total. The highest BCUT2D eigenvalue weighted by Crippen LogP contribution is 2.22. The van der Waals surface area contributed by atoms with Crippen molar-refractivity contribution in [3.05, 3.63) is 53.2 Å². The minimum atomic E-state index is 0.163. The zero-order valence-corrected chi connectivity index (χ0v) is 12.9. The van der Waals surface area contributed by atoms with Crippen molar-refractivity contribution in [2.75, 3.05) is 6.54 Å². The van der Waals surface area contributed by atoms with Crippen LogP contribution in [0.1, 0.15) is 24.6 Å². The molecule has 0 saturated heterocycles. The standard InChI is InChI=1S/C16H18ClN3O/c1-11(18-8-7-13-4-3-9-21-13)16-19-14-6-5-12(17)10-15(14)20(16)2/h3-6,9-11,18H,7-8H2,1-2H3. The van der Waals surface area contributed by atoms with Crippen LogP contribution in [-0.2, 0) is 13.5 Å². The molecule has 0 amide bonds. The third-order valence-electron chi connectivity index (χ3n) is 3.67. The maximum atomic E-state index is 6.05. The molecule has 0 bridgehead atoms. The van der Waals surface area contributed by atoms with Gasteiger partial charge >= 0.3 is 0 Å². The van der Waals surface area contributed by atoms with E-state index in [9.17, 15) is 0 Å². The van der Waals surface area contributed by atoms with Gasteiger partial charge in [0.25, 0.3) is 0 Å². The number of aryl methyl sites for hydroxylation is 1. The van der Waals surface area contributed by atoms with Gasteiger partial charge in [0.15, 0.2) is 0 Å². The number of imidazole rings is 1. The van der Waals surface area contributed by atoms with Crippen molar-refractivity contribution in [1.82, 2.24) is 14.9 Å². The highest BCUT2D eigenvalue weighted by atomic mass is 35.5. The average Bonchev–Trinajstić information content (AvgIpc) is 3.08. The highest BCUT2D eigenvalue weighted by Gasteiger charge is 2.14. The van der Waals surface area contributed by atoms with Gasteiger partial charge in [-0.3, -0.25) is 0 Å². The lowest BCUT2D eigenvalue weighted by atomic mass is 10.2. The largest absolute Gasteiger partial charge is 0.469 e. The van der Waals surface area contributed by atoms with E-state index in [4.69, 9.17) is 16.0 Å². The maximum Gasteiger partial charge on any atom is 0.126 e. The summed E-state index contributed by atoms with van der Waals surface area (Å²) >= 11 is 6.05. The number of fused-ring (bicyclic) bond motifs is 1. The molecule has 4 nitrogen and oxygen atoms in total. The molecular weight excluding hydrogens is 286 g/mol. The molecule has 0 aliphatic heterocycles. The van der Waals surface area contributed by atoms with Crippen LogP contribution in [0.2, 0.25) is 5.02 Å². The third kappa shape index (κ3) is 2.96. The molecule has 0 spiro atoms. The van der Waals surface area contributed by atoms with Crippen LogP contribution in [0.3, 0.4) is 0 Å². The van der Waals surface area contributed by atoms with Crippen molar-refractivity contribution in [1.29, 1.82) is 0 Å². The Morgan fingerprint density at radius 3 is 3.00 bits per heavy atom. The summed E-state index contributed by atoms with van der Waals surface area (Å²) < 4.78 is 7.42. The summed E-state index contributed by atoms with van der Waals surface area (Å²) in [5.74, 6) is 2.00.